The van der Waals surface area contributed by atoms with Crippen LogP contribution in [0.3, 0.4) is 0 Å². The van der Waals surface area contributed by atoms with Crippen molar-refractivity contribution >= 4 is 5.69 Å². The third kappa shape index (κ3) is 5.20. The van der Waals surface area contributed by atoms with Crippen LogP contribution in [0.15, 0.2) is 18.2 Å². The lowest BCUT2D eigenvalue weighted by Crippen LogP contribution is -2.23. The Morgan fingerprint density at radius 2 is 1.82 bits per heavy atom. The monoisotopic (exact) mass is 235 g/mol. The lowest BCUT2D eigenvalue weighted by Gasteiger charge is -2.18. The molecule has 0 heterocycles. The average Bonchev–Trinajstić information content (AvgIpc) is 2.23. The van der Waals surface area contributed by atoms with Crippen molar-refractivity contribution in [1.82, 2.24) is 9.80 Å². The summed E-state index contributed by atoms with van der Waals surface area (Å²) in [5.74, 6) is 0. The molecule has 0 atom stereocenters. The van der Waals surface area contributed by atoms with E-state index in [1.807, 2.05) is 6.92 Å². The molecule has 2 N–H and O–H groups in total. The van der Waals surface area contributed by atoms with Gasteiger partial charge in [0.1, 0.15) is 0 Å². The Hall–Kier alpha value is -1.06. The summed E-state index contributed by atoms with van der Waals surface area (Å²) in [6.07, 6.45) is 1.20. The summed E-state index contributed by atoms with van der Waals surface area (Å²) in [6.45, 7) is 5.27. The van der Waals surface area contributed by atoms with E-state index in [-0.39, 0.29) is 0 Å². The second-order valence-electron chi connectivity index (χ2n) is 5.09. The molecule has 0 fully saturated rings. The predicted molar refractivity (Wildman–Crippen MR) is 75.1 cm³/mol. The fourth-order valence-corrected chi connectivity index (χ4v) is 1.84. The van der Waals surface area contributed by atoms with Gasteiger partial charge >= 0.3 is 0 Å². The zero-order valence-corrected chi connectivity index (χ0v) is 11.5. The molecule has 17 heavy (non-hydrogen) atoms. The Kier molecular flexibility index (Phi) is 5.45. The molecule has 1 aromatic carbocycles. The lowest BCUT2D eigenvalue weighted by molar-refractivity contribution is 0.294. The van der Waals surface area contributed by atoms with Gasteiger partial charge in [0.25, 0.3) is 0 Å². The van der Waals surface area contributed by atoms with Crippen LogP contribution in [0.25, 0.3) is 0 Å². The molecule has 0 aliphatic rings. The van der Waals surface area contributed by atoms with Crippen LogP contribution in [0, 0.1) is 6.92 Å². The van der Waals surface area contributed by atoms with Gasteiger partial charge in [-0.2, -0.15) is 0 Å². The van der Waals surface area contributed by atoms with Gasteiger partial charge in [0.2, 0.25) is 0 Å². The second-order valence-corrected chi connectivity index (χ2v) is 5.09. The molecule has 0 saturated heterocycles. The summed E-state index contributed by atoms with van der Waals surface area (Å²) in [5, 5.41) is 0. The molecule has 3 nitrogen and oxygen atoms in total. The van der Waals surface area contributed by atoms with E-state index in [1.165, 1.54) is 12.0 Å². The number of rotatable bonds is 6. The van der Waals surface area contributed by atoms with E-state index in [1.54, 1.807) is 0 Å². The Labute approximate surface area is 105 Å². The van der Waals surface area contributed by atoms with Crippen molar-refractivity contribution in [2.24, 2.45) is 0 Å². The summed E-state index contributed by atoms with van der Waals surface area (Å²) >= 11 is 0. The first kappa shape index (κ1) is 14.0. The quantitative estimate of drug-likeness (QED) is 0.765. The Morgan fingerprint density at radius 3 is 2.41 bits per heavy atom. The number of nitrogen functional groups attached to an aromatic ring is 1. The maximum atomic E-state index is 5.91. The summed E-state index contributed by atoms with van der Waals surface area (Å²) in [5.41, 5.74) is 9.25. The van der Waals surface area contributed by atoms with E-state index in [2.05, 4.69) is 49.1 Å². The third-order valence-corrected chi connectivity index (χ3v) is 2.94. The molecule has 3 heteroatoms. The smallest absolute Gasteiger partial charge is 0.0346 e. The van der Waals surface area contributed by atoms with E-state index in [9.17, 15) is 0 Å². The molecule has 0 aromatic heterocycles. The molecule has 0 bridgehead atoms. The average molecular weight is 235 g/mol. The van der Waals surface area contributed by atoms with Gasteiger partial charge in [-0.05, 0) is 64.8 Å². The van der Waals surface area contributed by atoms with E-state index in [0.29, 0.717) is 0 Å². The maximum Gasteiger partial charge on any atom is 0.0346 e. The Balaban J connectivity index is 2.39. The maximum absolute atomic E-state index is 5.91. The van der Waals surface area contributed by atoms with Gasteiger partial charge in [-0.3, -0.25) is 0 Å². The Morgan fingerprint density at radius 1 is 1.12 bits per heavy atom. The molecule has 0 aliphatic carbocycles. The molecule has 1 aromatic rings. The van der Waals surface area contributed by atoms with Crippen LogP contribution in [0.4, 0.5) is 5.69 Å². The van der Waals surface area contributed by atoms with Crippen LogP contribution >= 0.6 is 0 Å². The summed E-state index contributed by atoms with van der Waals surface area (Å²) in [7, 11) is 6.38. The van der Waals surface area contributed by atoms with Crippen LogP contribution in [-0.4, -0.2) is 44.0 Å². The number of nitrogens with two attached hydrogens (primary N) is 1. The standard InChI is InChI=1S/C14H25N3/c1-12-6-7-13(10-14(12)15)11-17(4)9-5-8-16(2)3/h6-7,10H,5,8-9,11,15H2,1-4H3. The zero-order chi connectivity index (χ0) is 12.8. The highest BCUT2D eigenvalue weighted by molar-refractivity contribution is 5.48. The molecule has 0 aliphatic heterocycles. The summed E-state index contributed by atoms with van der Waals surface area (Å²) in [6, 6.07) is 6.34. The first-order valence-corrected chi connectivity index (χ1v) is 6.17. The van der Waals surface area contributed by atoms with E-state index in [4.69, 9.17) is 5.73 Å². The molecular weight excluding hydrogens is 210 g/mol. The van der Waals surface area contributed by atoms with Crippen LogP contribution in [0.5, 0.6) is 0 Å². The van der Waals surface area contributed by atoms with Crippen molar-refractivity contribution in [3.8, 4) is 0 Å². The number of nitrogens with zero attached hydrogens (tertiary/aromatic N) is 2. The molecule has 0 unspecified atom stereocenters. The summed E-state index contributed by atoms with van der Waals surface area (Å²) in [4.78, 5) is 4.56. The number of benzene rings is 1. The predicted octanol–water partition coefficient (Wildman–Crippen LogP) is 1.96. The van der Waals surface area contributed by atoms with E-state index in [0.717, 1.165) is 30.9 Å². The number of aryl methyl sites for hydroxylation is 1. The van der Waals surface area contributed by atoms with Gasteiger partial charge < -0.3 is 15.5 Å². The largest absolute Gasteiger partial charge is 0.399 e. The fourth-order valence-electron chi connectivity index (χ4n) is 1.84. The van der Waals surface area contributed by atoms with Gasteiger partial charge in [-0.15, -0.1) is 0 Å². The van der Waals surface area contributed by atoms with Crippen molar-refractivity contribution < 1.29 is 0 Å². The van der Waals surface area contributed by atoms with Gasteiger partial charge in [-0.25, -0.2) is 0 Å². The number of hydrogen-bond donors (Lipinski definition) is 1. The zero-order valence-electron chi connectivity index (χ0n) is 11.5. The van der Waals surface area contributed by atoms with Crippen molar-refractivity contribution in [2.75, 3.05) is 40.0 Å². The van der Waals surface area contributed by atoms with E-state index >= 15 is 0 Å². The molecular formula is C14H25N3. The molecule has 1 rings (SSSR count). The summed E-state index contributed by atoms with van der Waals surface area (Å²) < 4.78 is 0. The molecule has 0 spiro atoms. The molecule has 96 valence electrons. The Bertz CT molecular complexity index is 347. The first-order valence-electron chi connectivity index (χ1n) is 6.17. The van der Waals surface area contributed by atoms with Crippen LogP contribution in [0.1, 0.15) is 17.5 Å². The van der Waals surface area contributed by atoms with Crippen LogP contribution in [0.2, 0.25) is 0 Å². The molecule has 0 radical (unpaired) electrons. The minimum Gasteiger partial charge on any atom is -0.399 e. The van der Waals surface area contributed by atoms with Gasteiger partial charge in [0.15, 0.2) is 0 Å². The fraction of sp³-hybridized carbons (Fsp3) is 0.571. The second kappa shape index (κ2) is 6.62. The highest BCUT2D eigenvalue weighted by Crippen LogP contribution is 2.14. The number of hydrogen-bond acceptors (Lipinski definition) is 3. The topological polar surface area (TPSA) is 32.5 Å². The van der Waals surface area contributed by atoms with Crippen molar-refractivity contribution in [3.05, 3.63) is 29.3 Å². The highest BCUT2D eigenvalue weighted by Gasteiger charge is 2.02. The van der Waals surface area contributed by atoms with E-state index < -0.39 is 0 Å². The normalized spacial score (nSPS) is 11.4. The minimum absolute atomic E-state index is 0.893. The minimum atomic E-state index is 0.893. The first-order chi connectivity index (χ1) is 7.99. The SMILES string of the molecule is Cc1ccc(CN(C)CCCN(C)C)cc1N. The van der Waals surface area contributed by atoms with Gasteiger partial charge in [-0.1, -0.05) is 12.1 Å². The van der Waals surface area contributed by atoms with Gasteiger partial charge in [0.05, 0.1) is 0 Å². The van der Waals surface area contributed by atoms with Crippen molar-refractivity contribution in [2.45, 2.75) is 19.9 Å². The van der Waals surface area contributed by atoms with Crippen molar-refractivity contribution in [3.63, 3.8) is 0 Å². The van der Waals surface area contributed by atoms with Crippen LogP contribution < -0.4 is 5.73 Å². The van der Waals surface area contributed by atoms with Gasteiger partial charge in [0, 0.05) is 12.2 Å². The lowest BCUT2D eigenvalue weighted by atomic mass is 10.1. The number of anilines is 1. The third-order valence-electron chi connectivity index (χ3n) is 2.94. The van der Waals surface area contributed by atoms with Crippen LogP contribution in [-0.2, 0) is 6.54 Å². The highest BCUT2D eigenvalue weighted by atomic mass is 15.1. The molecule has 0 amide bonds. The van der Waals surface area contributed by atoms with Crippen molar-refractivity contribution in [1.29, 1.82) is 0 Å². The molecule has 0 saturated carbocycles.